The van der Waals surface area contributed by atoms with Crippen LogP contribution >= 0.6 is 0 Å². The van der Waals surface area contributed by atoms with Crippen molar-refractivity contribution in [1.82, 2.24) is 26.6 Å². The summed E-state index contributed by atoms with van der Waals surface area (Å²) in [5.41, 5.74) is -0.789. The third kappa shape index (κ3) is 14.0. The number of alkyl carbamates (subject to hydrolysis) is 2. The topological polar surface area (TPSA) is 225 Å². The van der Waals surface area contributed by atoms with E-state index < -0.39 is 97.4 Å². The monoisotopic (exact) mass is 753 g/mol. The third-order valence-corrected chi connectivity index (χ3v) is 7.47. The lowest BCUT2D eigenvalue weighted by atomic mass is 9.95. The highest BCUT2D eigenvalue weighted by molar-refractivity contribution is 5.94. The number of alkyl halides is 3. The molecule has 0 aliphatic carbocycles. The zero-order chi connectivity index (χ0) is 39.9. The highest BCUT2D eigenvalue weighted by Crippen LogP contribution is 2.31. The van der Waals surface area contributed by atoms with Crippen LogP contribution in [0.25, 0.3) is 11.1 Å². The van der Waals surface area contributed by atoms with Crippen LogP contribution in [-0.2, 0) is 36.7 Å². The lowest BCUT2D eigenvalue weighted by molar-refractivity contribution is -0.141. The molecule has 0 aromatic heterocycles. The Morgan fingerprint density at radius 3 is 1.87 bits per heavy atom. The van der Waals surface area contributed by atoms with Gasteiger partial charge < -0.3 is 51.4 Å². The molecule has 8 N–H and O–H groups in total. The van der Waals surface area contributed by atoms with E-state index in [1.165, 1.54) is 36.4 Å². The highest BCUT2D eigenvalue weighted by Gasteiger charge is 2.35. The van der Waals surface area contributed by atoms with Gasteiger partial charge >= 0.3 is 18.4 Å². The van der Waals surface area contributed by atoms with E-state index in [4.69, 9.17) is 9.47 Å². The van der Waals surface area contributed by atoms with Crippen LogP contribution < -0.4 is 26.6 Å². The number of halogens is 3. The first-order valence-electron chi connectivity index (χ1n) is 16.6. The number of amides is 5. The maximum Gasteiger partial charge on any atom is 0.408 e. The van der Waals surface area contributed by atoms with E-state index in [1.807, 2.05) is 0 Å². The molecule has 0 fully saturated rings. The summed E-state index contributed by atoms with van der Waals surface area (Å²) in [7, 11) is 0. The average Bonchev–Trinajstić information content (AvgIpc) is 3.01. The number of fused-ring (bicyclic) bond motifs is 5. The highest BCUT2D eigenvalue weighted by atomic mass is 19.4. The summed E-state index contributed by atoms with van der Waals surface area (Å²) in [6.45, 7) is 7.34. The van der Waals surface area contributed by atoms with E-state index in [2.05, 4.69) is 21.3 Å². The molecule has 292 valence electrons. The molecule has 15 nitrogen and oxygen atoms in total. The number of carbonyl (C=O) groups excluding carboxylic acids is 5. The third-order valence-electron chi connectivity index (χ3n) is 7.47. The van der Waals surface area contributed by atoms with Crippen LogP contribution in [0.5, 0.6) is 11.5 Å². The van der Waals surface area contributed by atoms with Gasteiger partial charge in [0, 0.05) is 25.8 Å². The van der Waals surface area contributed by atoms with Gasteiger partial charge in [-0.25, -0.2) is 9.59 Å². The van der Waals surface area contributed by atoms with Gasteiger partial charge in [-0.05, 0) is 88.1 Å². The lowest BCUT2D eigenvalue weighted by Gasteiger charge is -2.28. The van der Waals surface area contributed by atoms with Gasteiger partial charge in [0.1, 0.15) is 47.4 Å². The SMILES string of the molecule is CC(C)(C)OC(=O)NC[C@H](O)C[C@@H]1NC(=O)[C@@H](NC(=O)OC(C)(C)C)Cc2cc(ccc2O)-c2ccc(O)c(c2)C[C@@H](C(=O)NCC(F)(F)F)NC1=O. The molecule has 2 aromatic carbocycles. The Morgan fingerprint density at radius 1 is 0.811 bits per heavy atom. The van der Waals surface area contributed by atoms with Crippen LogP contribution in [0.2, 0.25) is 0 Å². The van der Waals surface area contributed by atoms with Gasteiger partial charge in [0.2, 0.25) is 17.7 Å². The smallest absolute Gasteiger partial charge is 0.408 e. The van der Waals surface area contributed by atoms with Gasteiger partial charge in [0.15, 0.2) is 0 Å². The van der Waals surface area contributed by atoms with Crippen molar-refractivity contribution in [2.45, 2.75) is 102 Å². The number of rotatable bonds is 7. The molecule has 4 atom stereocenters. The summed E-state index contributed by atoms with van der Waals surface area (Å²) in [6, 6.07) is 3.54. The molecule has 1 aliphatic rings. The Hall–Kier alpha value is -5.26. The first kappa shape index (κ1) is 42.2. The minimum Gasteiger partial charge on any atom is -0.508 e. The molecule has 1 heterocycles. The molecule has 5 amide bonds. The second kappa shape index (κ2) is 17.0. The molecular formula is C35H46F3N5O10. The Kier molecular flexibility index (Phi) is 13.6. The van der Waals surface area contributed by atoms with Crippen LogP contribution in [0.4, 0.5) is 22.8 Å². The molecule has 2 aromatic rings. The Morgan fingerprint density at radius 2 is 1.34 bits per heavy atom. The summed E-state index contributed by atoms with van der Waals surface area (Å²) in [5.74, 6) is -4.06. The molecule has 1 aliphatic heterocycles. The number of nitrogens with one attached hydrogen (secondary N) is 5. The fourth-order valence-corrected chi connectivity index (χ4v) is 5.12. The number of aliphatic hydroxyl groups is 1. The van der Waals surface area contributed by atoms with E-state index >= 15 is 0 Å². The van der Waals surface area contributed by atoms with E-state index in [0.717, 1.165) is 0 Å². The summed E-state index contributed by atoms with van der Waals surface area (Å²) in [4.78, 5) is 66.0. The van der Waals surface area contributed by atoms with Crippen molar-refractivity contribution in [2.24, 2.45) is 0 Å². The fraction of sp³-hybridized carbons (Fsp3) is 0.514. The Balaban J connectivity index is 2.11. The molecular weight excluding hydrogens is 707 g/mol. The molecule has 0 unspecified atom stereocenters. The fourth-order valence-electron chi connectivity index (χ4n) is 5.12. The molecule has 18 heteroatoms. The lowest BCUT2D eigenvalue weighted by Crippen LogP contribution is -2.59. The van der Waals surface area contributed by atoms with Gasteiger partial charge in [0.25, 0.3) is 0 Å². The number of ether oxygens (including phenoxy) is 2. The van der Waals surface area contributed by atoms with Gasteiger partial charge in [0.05, 0.1) is 6.10 Å². The minimum absolute atomic E-state index is 0.0473. The standard InChI is InChI=1S/C35H46F3N5O10/c1-33(2,3)52-31(50)39-16-22(44)15-25-30(49)41-23(28(47)40-17-35(36,37)38)13-20-11-18(7-9-26(20)45)19-8-10-27(46)21(12-19)14-24(29(48)42-25)43-32(51)53-34(4,5)6/h7-12,22-25,44-46H,13-17H2,1-6H3,(H,39,50)(H,40,47)(H,41,49)(H,42,48)(H,43,51)/t22-,23+,24+,25+/m1/s1. The van der Waals surface area contributed by atoms with Crippen molar-refractivity contribution in [3.63, 3.8) is 0 Å². The quantitative estimate of drug-likeness (QED) is 0.206. The average molecular weight is 754 g/mol. The van der Waals surface area contributed by atoms with E-state index in [9.17, 15) is 52.5 Å². The first-order chi connectivity index (χ1) is 24.4. The number of aliphatic hydroxyl groups excluding tert-OH is 1. The second-order valence-corrected chi connectivity index (χ2v) is 14.5. The maximum atomic E-state index is 13.9. The molecule has 0 spiro atoms. The van der Waals surface area contributed by atoms with E-state index in [1.54, 1.807) is 46.9 Å². The summed E-state index contributed by atoms with van der Waals surface area (Å²) >= 11 is 0. The number of phenolic OH excluding ortho intramolecular Hbond substituents is 2. The van der Waals surface area contributed by atoms with Crippen molar-refractivity contribution < 1.29 is 61.9 Å². The van der Waals surface area contributed by atoms with Crippen LogP contribution in [0.3, 0.4) is 0 Å². The number of benzene rings is 2. The zero-order valence-corrected chi connectivity index (χ0v) is 30.1. The van der Waals surface area contributed by atoms with Gasteiger partial charge in [-0.2, -0.15) is 13.2 Å². The Bertz CT molecular complexity index is 1670. The van der Waals surface area contributed by atoms with Crippen LogP contribution in [0, 0.1) is 0 Å². The van der Waals surface area contributed by atoms with Crippen LogP contribution in [-0.4, -0.2) is 99.9 Å². The number of hydrogen-bond acceptors (Lipinski definition) is 10. The van der Waals surface area contributed by atoms with Gasteiger partial charge in [-0.1, -0.05) is 12.1 Å². The van der Waals surface area contributed by atoms with Crippen molar-refractivity contribution in [3.8, 4) is 22.6 Å². The van der Waals surface area contributed by atoms with Crippen molar-refractivity contribution >= 4 is 29.9 Å². The first-order valence-corrected chi connectivity index (χ1v) is 16.6. The predicted octanol–water partition coefficient (Wildman–Crippen LogP) is 2.68. The number of phenols is 2. The van der Waals surface area contributed by atoms with Crippen molar-refractivity contribution in [3.05, 3.63) is 47.5 Å². The Labute approximate surface area is 304 Å². The summed E-state index contributed by atoms with van der Waals surface area (Å²) in [5, 5.41) is 43.5. The van der Waals surface area contributed by atoms with Crippen molar-refractivity contribution in [2.75, 3.05) is 13.1 Å². The molecule has 0 saturated carbocycles. The summed E-state index contributed by atoms with van der Waals surface area (Å²) in [6.07, 6.45) is -9.78. The van der Waals surface area contributed by atoms with E-state index in [0.29, 0.717) is 11.1 Å². The number of hydrogen-bond donors (Lipinski definition) is 8. The molecule has 3 rings (SSSR count). The predicted molar refractivity (Wildman–Crippen MR) is 184 cm³/mol. The van der Waals surface area contributed by atoms with Gasteiger partial charge in [-0.3, -0.25) is 14.4 Å². The zero-order valence-electron chi connectivity index (χ0n) is 30.1. The molecule has 53 heavy (non-hydrogen) atoms. The minimum atomic E-state index is -4.81. The number of aromatic hydroxyl groups is 2. The maximum absolute atomic E-state index is 13.9. The second-order valence-electron chi connectivity index (χ2n) is 14.5. The van der Waals surface area contributed by atoms with Crippen LogP contribution in [0.15, 0.2) is 36.4 Å². The molecule has 0 radical (unpaired) electrons. The normalized spacial score (nSPS) is 18.9. The van der Waals surface area contributed by atoms with Crippen molar-refractivity contribution in [1.29, 1.82) is 0 Å². The largest absolute Gasteiger partial charge is 0.508 e. The molecule has 4 bridgehead atoms. The summed E-state index contributed by atoms with van der Waals surface area (Å²) < 4.78 is 49.7. The van der Waals surface area contributed by atoms with E-state index in [-0.39, 0.29) is 29.0 Å². The molecule has 0 saturated heterocycles. The van der Waals surface area contributed by atoms with Gasteiger partial charge in [-0.15, -0.1) is 0 Å². The number of carbonyl (C=O) groups is 5. The van der Waals surface area contributed by atoms with Crippen LogP contribution in [0.1, 0.15) is 59.1 Å².